The molecule has 11 aromatic rings. The number of nitrogens with zero attached hydrogens (tertiary/aromatic N) is 3. The van der Waals surface area contributed by atoms with Gasteiger partial charge in [-0.05, 0) is 97.8 Å². The van der Waals surface area contributed by atoms with Gasteiger partial charge in [0.05, 0.1) is 26.9 Å². The van der Waals surface area contributed by atoms with E-state index < -0.39 is 0 Å². The Balaban J connectivity index is 1.21. The highest BCUT2D eigenvalue weighted by Crippen LogP contribution is 2.52. The molecule has 280 valence electrons. The van der Waals surface area contributed by atoms with E-state index in [9.17, 15) is 0 Å². The Labute approximate surface area is 346 Å². The zero-order valence-corrected chi connectivity index (χ0v) is 33.9. The van der Waals surface area contributed by atoms with Crippen LogP contribution in [0.15, 0.2) is 170 Å². The van der Waals surface area contributed by atoms with E-state index in [1.807, 2.05) is 0 Å². The second-order valence-electron chi connectivity index (χ2n) is 16.2. The fourth-order valence-electron chi connectivity index (χ4n) is 10.0. The van der Waals surface area contributed by atoms with Crippen LogP contribution in [0.25, 0.3) is 103 Å². The maximum atomic E-state index is 5.61. The van der Waals surface area contributed by atoms with Crippen molar-refractivity contribution in [3.8, 4) is 50.6 Å². The molecule has 8 aromatic carbocycles. The van der Waals surface area contributed by atoms with Gasteiger partial charge in [-0.3, -0.25) is 4.57 Å². The van der Waals surface area contributed by atoms with Crippen LogP contribution in [0.2, 0.25) is 0 Å². The van der Waals surface area contributed by atoms with E-state index in [4.69, 9.17) is 9.97 Å². The lowest BCUT2D eigenvalue weighted by molar-refractivity contribution is 0.630. The molecule has 1 aliphatic carbocycles. The first-order valence-corrected chi connectivity index (χ1v) is 21.4. The van der Waals surface area contributed by atoms with Crippen LogP contribution in [0.3, 0.4) is 0 Å². The van der Waals surface area contributed by atoms with Crippen LogP contribution in [0.5, 0.6) is 0 Å². The van der Waals surface area contributed by atoms with E-state index in [0.717, 1.165) is 37.9 Å². The van der Waals surface area contributed by atoms with E-state index in [-0.39, 0.29) is 11.8 Å². The first-order chi connectivity index (χ1) is 29.0. The van der Waals surface area contributed by atoms with E-state index in [0.29, 0.717) is 5.95 Å². The fourth-order valence-corrected chi connectivity index (χ4v) is 11.2. The molecule has 1 unspecified atom stereocenters. The third kappa shape index (κ3) is 5.06. The van der Waals surface area contributed by atoms with Gasteiger partial charge in [0, 0.05) is 26.4 Å². The molecule has 3 nitrogen and oxygen atoms in total. The average Bonchev–Trinajstić information content (AvgIpc) is 3.83. The molecule has 0 radical (unpaired) electrons. The highest BCUT2D eigenvalue weighted by atomic mass is 32.1. The number of aromatic nitrogens is 3. The Bertz CT molecular complexity index is 3480. The van der Waals surface area contributed by atoms with Gasteiger partial charge in [-0.15, -0.1) is 11.3 Å². The highest BCUT2D eigenvalue weighted by Gasteiger charge is 2.31. The number of rotatable bonds is 3. The summed E-state index contributed by atoms with van der Waals surface area (Å²) >= 11 is 1.78. The lowest BCUT2D eigenvalue weighted by Crippen LogP contribution is -2.07. The van der Waals surface area contributed by atoms with Crippen molar-refractivity contribution in [1.82, 2.24) is 14.5 Å². The number of benzene rings is 8. The molecule has 4 heteroatoms. The zero-order valence-electron chi connectivity index (χ0n) is 33.1. The average molecular weight is 774 g/mol. The van der Waals surface area contributed by atoms with Gasteiger partial charge in [-0.25, -0.2) is 9.97 Å². The Morgan fingerprint density at radius 1 is 0.525 bits per heavy atom. The molecule has 0 saturated heterocycles. The Hall–Kier alpha value is -6.88. The summed E-state index contributed by atoms with van der Waals surface area (Å²) in [4.78, 5) is 11.2. The van der Waals surface area contributed by atoms with Gasteiger partial charge in [-0.1, -0.05) is 166 Å². The van der Waals surface area contributed by atoms with E-state index in [1.165, 1.54) is 76.3 Å². The number of para-hydroxylation sites is 1. The Kier molecular flexibility index (Phi) is 7.57. The minimum Gasteiger partial charge on any atom is -0.278 e. The minimum absolute atomic E-state index is 0.276. The van der Waals surface area contributed by atoms with Crippen molar-refractivity contribution in [1.29, 1.82) is 0 Å². The summed E-state index contributed by atoms with van der Waals surface area (Å²) < 4.78 is 4.66. The Morgan fingerprint density at radius 2 is 1.20 bits per heavy atom. The van der Waals surface area contributed by atoms with Crippen molar-refractivity contribution in [2.45, 2.75) is 32.6 Å². The molecular formula is C55H39N3S. The van der Waals surface area contributed by atoms with Crippen LogP contribution in [0.1, 0.15) is 42.4 Å². The summed E-state index contributed by atoms with van der Waals surface area (Å²) in [5.41, 5.74) is 16.8. The largest absolute Gasteiger partial charge is 0.278 e. The second kappa shape index (κ2) is 13.1. The number of fused-ring (bicyclic) bond motifs is 15. The molecular weight excluding hydrogens is 735 g/mol. The first-order valence-electron chi connectivity index (χ1n) is 20.6. The molecule has 3 aromatic heterocycles. The molecule has 2 atom stereocenters. The minimum atomic E-state index is 0.276. The smallest absolute Gasteiger partial charge is 0.235 e. The van der Waals surface area contributed by atoms with E-state index in [2.05, 4.69) is 195 Å². The lowest BCUT2D eigenvalue weighted by atomic mass is 9.78. The zero-order chi connectivity index (χ0) is 39.4. The van der Waals surface area contributed by atoms with Gasteiger partial charge in [0.1, 0.15) is 0 Å². The Morgan fingerprint density at radius 3 is 2.05 bits per heavy atom. The predicted molar refractivity (Wildman–Crippen MR) is 250 cm³/mol. The number of hydrogen-bond donors (Lipinski definition) is 0. The van der Waals surface area contributed by atoms with Crippen LogP contribution >= 0.6 is 11.3 Å². The third-order valence-corrected chi connectivity index (χ3v) is 14.2. The third-order valence-electron chi connectivity index (χ3n) is 13.1. The van der Waals surface area contributed by atoms with Gasteiger partial charge in [0.15, 0.2) is 0 Å². The highest BCUT2D eigenvalue weighted by molar-refractivity contribution is 7.26. The SMILES string of the molecule is Cc1c2cc3c(c1-c1ccccc1C(C)[C@@H](C)c1c-2ccc2ccccc12)c1ccccc1n3-c1nc(-c2ccc(-c3ccccc3)cc2)c2sc3ccccc3c2n1. The topological polar surface area (TPSA) is 30.7 Å². The van der Waals surface area contributed by atoms with Crippen LogP contribution in [0, 0.1) is 6.92 Å². The molecule has 59 heavy (non-hydrogen) atoms. The van der Waals surface area contributed by atoms with Gasteiger partial charge < -0.3 is 0 Å². The molecule has 0 spiro atoms. The van der Waals surface area contributed by atoms with Crippen molar-refractivity contribution >= 4 is 64.2 Å². The first kappa shape index (κ1) is 34.2. The summed E-state index contributed by atoms with van der Waals surface area (Å²) in [6.45, 7) is 7.18. The number of thiophene rings is 1. The maximum absolute atomic E-state index is 5.61. The molecule has 2 bridgehead atoms. The molecule has 0 amide bonds. The summed E-state index contributed by atoms with van der Waals surface area (Å²) in [6.07, 6.45) is 0. The van der Waals surface area contributed by atoms with E-state index >= 15 is 0 Å². The monoisotopic (exact) mass is 773 g/mol. The molecule has 0 fully saturated rings. The normalized spacial score (nSPS) is 15.0. The molecule has 3 heterocycles. The molecule has 1 aliphatic rings. The quantitative estimate of drug-likeness (QED) is 0.179. The van der Waals surface area contributed by atoms with Gasteiger partial charge in [0.2, 0.25) is 5.95 Å². The molecule has 12 rings (SSSR count). The molecule has 0 N–H and O–H groups in total. The standard InChI is InChI=1S/C55H39N3S/c1-32-33(2)49-40-19-8-7-17-37(40)29-30-42(49)45-31-47-51(50(34(45)3)41-20-10-9-18-39(32)41)43-21-11-13-23-46(43)58(47)55-56-52(54-53(57-55)44-22-12-14-24-48(44)59-54)38-27-25-36(26-28-38)35-15-5-4-6-16-35/h4-33H,1-3H3/t32?,33-/m1/s1. The maximum Gasteiger partial charge on any atom is 0.235 e. The van der Waals surface area contributed by atoms with Crippen molar-refractivity contribution < 1.29 is 0 Å². The summed E-state index contributed by atoms with van der Waals surface area (Å²) in [6, 6.07) is 62.1. The summed E-state index contributed by atoms with van der Waals surface area (Å²) in [5, 5.41) is 6.20. The van der Waals surface area contributed by atoms with Gasteiger partial charge >= 0.3 is 0 Å². The van der Waals surface area contributed by atoms with E-state index in [1.54, 1.807) is 11.3 Å². The van der Waals surface area contributed by atoms with Crippen molar-refractivity contribution in [2.75, 3.05) is 0 Å². The molecule has 0 saturated carbocycles. The van der Waals surface area contributed by atoms with Crippen LogP contribution in [-0.4, -0.2) is 14.5 Å². The summed E-state index contributed by atoms with van der Waals surface area (Å²) in [5.74, 6) is 1.23. The fraction of sp³-hybridized carbons (Fsp3) is 0.0909. The lowest BCUT2D eigenvalue weighted by Gasteiger charge is -2.25. The van der Waals surface area contributed by atoms with Crippen molar-refractivity contribution in [3.05, 3.63) is 187 Å². The van der Waals surface area contributed by atoms with Crippen molar-refractivity contribution in [2.24, 2.45) is 0 Å². The van der Waals surface area contributed by atoms with Crippen LogP contribution in [0.4, 0.5) is 0 Å². The summed E-state index contributed by atoms with van der Waals surface area (Å²) in [7, 11) is 0. The predicted octanol–water partition coefficient (Wildman–Crippen LogP) is 15.3. The van der Waals surface area contributed by atoms with Gasteiger partial charge in [0.25, 0.3) is 0 Å². The van der Waals surface area contributed by atoms with Gasteiger partial charge in [-0.2, -0.15) is 0 Å². The second-order valence-corrected chi connectivity index (χ2v) is 17.2. The molecule has 0 aliphatic heterocycles. The number of hydrogen-bond acceptors (Lipinski definition) is 3. The van der Waals surface area contributed by atoms with Crippen molar-refractivity contribution in [3.63, 3.8) is 0 Å². The van der Waals surface area contributed by atoms with Crippen LogP contribution in [-0.2, 0) is 0 Å². The van der Waals surface area contributed by atoms with Crippen LogP contribution < -0.4 is 0 Å².